The topological polar surface area (TPSA) is 26.0 Å². The Morgan fingerprint density at radius 3 is 2.13 bits per heavy atom. The minimum atomic E-state index is -2.45. The maximum absolute atomic E-state index is 12.6. The first kappa shape index (κ1) is 12.0. The van der Waals surface area contributed by atoms with Crippen LogP contribution in [0.1, 0.15) is 18.4 Å². The lowest BCUT2D eigenvalue weighted by Crippen LogP contribution is -2.27. The van der Waals surface area contributed by atoms with Crippen LogP contribution in [0.3, 0.4) is 0 Å². The summed E-state index contributed by atoms with van der Waals surface area (Å²) in [6, 6.07) is 5.58. The SMILES string of the molecule is CC(c1ccc(F)cc1)C(CN)C(F)F. The van der Waals surface area contributed by atoms with Crippen molar-refractivity contribution in [2.75, 3.05) is 6.54 Å². The van der Waals surface area contributed by atoms with Crippen molar-refractivity contribution >= 4 is 0 Å². The second-order valence-electron chi connectivity index (χ2n) is 3.57. The smallest absolute Gasteiger partial charge is 0.243 e. The van der Waals surface area contributed by atoms with Gasteiger partial charge in [-0.1, -0.05) is 19.1 Å². The molecule has 0 saturated heterocycles. The lowest BCUT2D eigenvalue weighted by Gasteiger charge is -2.21. The molecule has 0 heterocycles. The molecule has 1 aromatic rings. The summed E-state index contributed by atoms with van der Waals surface area (Å²) in [6.07, 6.45) is -2.45. The van der Waals surface area contributed by atoms with Crippen LogP contribution in [0.4, 0.5) is 13.2 Å². The molecule has 1 rings (SSSR count). The van der Waals surface area contributed by atoms with E-state index in [0.29, 0.717) is 5.56 Å². The Morgan fingerprint density at radius 1 is 1.20 bits per heavy atom. The quantitative estimate of drug-likeness (QED) is 0.824. The number of nitrogens with two attached hydrogens (primary N) is 1. The molecule has 0 saturated carbocycles. The zero-order chi connectivity index (χ0) is 11.4. The van der Waals surface area contributed by atoms with Gasteiger partial charge in [0.25, 0.3) is 0 Å². The Bertz CT molecular complexity index is 297. The molecule has 2 atom stereocenters. The van der Waals surface area contributed by atoms with Crippen molar-refractivity contribution in [2.45, 2.75) is 19.3 Å². The van der Waals surface area contributed by atoms with Gasteiger partial charge in [0, 0.05) is 12.5 Å². The third-order valence-electron chi connectivity index (χ3n) is 2.63. The van der Waals surface area contributed by atoms with Crippen molar-refractivity contribution in [3.8, 4) is 0 Å². The Hall–Kier alpha value is -1.03. The Kier molecular flexibility index (Phi) is 4.15. The van der Waals surface area contributed by atoms with Gasteiger partial charge in [-0.2, -0.15) is 0 Å². The van der Waals surface area contributed by atoms with Crippen LogP contribution in [0, 0.1) is 11.7 Å². The molecule has 84 valence electrons. The second kappa shape index (κ2) is 5.16. The Labute approximate surface area is 87.1 Å². The predicted molar refractivity (Wildman–Crippen MR) is 53.4 cm³/mol. The first-order chi connectivity index (χ1) is 7.06. The Morgan fingerprint density at radius 2 is 1.73 bits per heavy atom. The van der Waals surface area contributed by atoms with Crippen LogP contribution in [0.25, 0.3) is 0 Å². The molecule has 0 amide bonds. The van der Waals surface area contributed by atoms with Gasteiger partial charge in [-0.15, -0.1) is 0 Å². The first-order valence-corrected chi connectivity index (χ1v) is 4.80. The molecule has 1 nitrogen and oxygen atoms in total. The van der Waals surface area contributed by atoms with E-state index >= 15 is 0 Å². The number of halogens is 3. The number of hydrogen-bond donors (Lipinski definition) is 1. The van der Waals surface area contributed by atoms with Gasteiger partial charge in [0.15, 0.2) is 0 Å². The minimum Gasteiger partial charge on any atom is -0.330 e. The largest absolute Gasteiger partial charge is 0.330 e. The molecular formula is C11H14F3N. The molecule has 0 aliphatic rings. The standard InChI is InChI=1S/C11H14F3N/c1-7(10(6-15)11(13)14)8-2-4-9(12)5-3-8/h2-5,7,10-11H,6,15H2,1H3. The van der Waals surface area contributed by atoms with Crippen molar-refractivity contribution in [3.63, 3.8) is 0 Å². The highest BCUT2D eigenvalue weighted by atomic mass is 19.3. The molecule has 0 aromatic heterocycles. The minimum absolute atomic E-state index is 0.0732. The predicted octanol–water partition coefficient (Wildman–Crippen LogP) is 2.77. The fourth-order valence-corrected chi connectivity index (χ4v) is 1.54. The van der Waals surface area contributed by atoms with Crippen LogP contribution in [0.15, 0.2) is 24.3 Å². The van der Waals surface area contributed by atoms with E-state index in [9.17, 15) is 13.2 Å². The summed E-state index contributed by atoms with van der Waals surface area (Å²) in [4.78, 5) is 0. The molecule has 0 aliphatic carbocycles. The van der Waals surface area contributed by atoms with E-state index in [2.05, 4.69) is 0 Å². The molecule has 0 spiro atoms. The summed E-state index contributed by atoms with van der Waals surface area (Å²) in [7, 11) is 0. The van der Waals surface area contributed by atoms with Crippen molar-refractivity contribution < 1.29 is 13.2 Å². The van der Waals surface area contributed by atoms with Gasteiger partial charge in [-0.3, -0.25) is 0 Å². The molecule has 15 heavy (non-hydrogen) atoms. The van der Waals surface area contributed by atoms with E-state index < -0.39 is 12.3 Å². The van der Waals surface area contributed by atoms with Crippen LogP contribution in [0.2, 0.25) is 0 Å². The molecule has 2 N–H and O–H groups in total. The third-order valence-corrected chi connectivity index (χ3v) is 2.63. The molecule has 1 aromatic carbocycles. The van der Waals surface area contributed by atoms with Crippen LogP contribution in [-0.2, 0) is 0 Å². The zero-order valence-electron chi connectivity index (χ0n) is 8.46. The average molecular weight is 217 g/mol. The summed E-state index contributed by atoms with van der Waals surface area (Å²) in [5, 5.41) is 0. The van der Waals surface area contributed by atoms with Crippen LogP contribution >= 0.6 is 0 Å². The summed E-state index contributed by atoms with van der Waals surface area (Å²) in [5.41, 5.74) is 5.97. The van der Waals surface area contributed by atoms with E-state index in [-0.39, 0.29) is 18.3 Å². The summed E-state index contributed by atoms with van der Waals surface area (Å²) >= 11 is 0. The van der Waals surface area contributed by atoms with Gasteiger partial charge in [0.05, 0.1) is 0 Å². The average Bonchev–Trinajstić information content (AvgIpc) is 2.19. The highest BCUT2D eigenvalue weighted by Gasteiger charge is 2.26. The second-order valence-corrected chi connectivity index (χ2v) is 3.57. The summed E-state index contributed by atoms with van der Waals surface area (Å²) in [6.45, 7) is 1.60. The molecule has 2 unspecified atom stereocenters. The van der Waals surface area contributed by atoms with Gasteiger partial charge in [0.2, 0.25) is 6.43 Å². The molecule has 0 aliphatic heterocycles. The van der Waals surface area contributed by atoms with Gasteiger partial charge < -0.3 is 5.73 Å². The number of alkyl halides is 2. The van der Waals surface area contributed by atoms with Gasteiger partial charge >= 0.3 is 0 Å². The van der Waals surface area contributed by atoms with Crippen molar-refractivity contribution in [3.05, 3.63) is 35.6 Å². The third kappa shape index (κ3) is 2.96. The lowest BCUT2D eigenvalue weighted by molar-refractivity contribution is 0.0693. The van der Waals surface area contributed by atoms with Gasteiger partial charge in [-0.25, -0.2) is 13.2 Å². The van der Waals surface area contributed by atoms with E-state index in [0.717, 1.165) is 0 Å². The van der Waals surface area contributed by atoms with Crippen LogP contribution < -0.4 is 5.73 Å². The van der Waals surface area contributed by atoms with Crippen molar-refractivity contribution in [1.82, 2.24) is 0 Å². The Balaban J connectivity index is 2.82. The normalized spacial score (nSPS) is 15.3. The fraction of sp³-hybridized carbons (Fsp3) is 0.455. The number of benzene rings is 1. The van der Waals surface area contributed by atoms with Gasteiger partial charge in [0.1, 0.15) is 5.82 Å². The van der Waals surface area contributed by atoms with E-state index in [1.807, 2.05) is 0 Å². The van der Waals surface area contributed by atoms with Crippen molar-refractivity contribution in [1.29, 1.82) is 0 Å². The fourth-order valence-electron chi connectivity index (χ4n) is 1.54. The van der Waals surface area contributed by atoms with Crippen molar-refractivity contribution in [2.24, 2.45) is 11.7 Å². The zero-order valence-corrected chi connectivity index (χ0v) is 8.46. The molecule has 4 heteroatoms. The lowest BCUT2D eigenvalue weighted by atomic mass is 9.88. The van der Waals surface area contributed by atoms with E-state index in [4.69, 9.17) is 5.73 Å². The van der Waals surface area contributed by atoms with Gasteiger partial charge in [-0.05, 0) is 23.6 Å². The summed E-state index contributed by atoms with van der Waals surface area (Å²) in [5.74, 6) is -1.61. The maximum Gasteiger partial charge on any atom is 0.243 e. The first-order valence-electron chi connectivity index (χ1n) is 4.80. The monoisotopic (exact) mass is 217 g/mol. The summed E-state index contributed by atoms with van der Waals surface area (Å²) < 4.78 is 37.7. The van der Waals surface area contributed by atoms with Crippen LogP contribution in [0.5, 0.6) is 0 Å². The number of hydrogen-bond acceptors (Lipinski definition) is 1. The molecule has 0 fully saturated rings. The van der Waals surface area contributed by atoms with E-state index in [1.54, 1.807) is 6.92 Å². The maximum atomic E-state index is 12.6. The highest BCUT2D eigenvalue weighted by Crippen LogP contribution is 2.28. The molecule has 0 bridgehead atoms. The highest BCUT2D eigenvalue weighted by molar-refractivity contribution is 5.20. The molecular weight excluding hydrogens is 203 g/mol. The van der Waals surface area contributed by atoms with Crippen LogP contribution in [-0.4, -0.2) is 13.0 Å². The van der Waals surface area contributed by atoms with E-state index in [1.165, 1.54) is 24.3 Å². The number of rotatable bonds is 4. The molecule has 0 radical (unpaired) electrons.